The van der Waals surface area contributed by atoms with Crippen molar-refractivity contribution < 1.29 is 14.7 Å². The maximum absolute atomic E-state index is 12.5. The molecule has 2 aliphatic heterocycles. The summed E-state index contributed by atoms with van der Waals surface area (Å²) < 4.78 is 0. The van der Waals surface area contributed by atoms with Crippen molar-refractivity contribution in [2.45, 2.75) is 51.6 Å². The number of carbonyl (C=O) groups is 2. The first-order valence-corrected chi connectivity index (χ1v) is 7.73. The summed E-state index contributed by atoms with van der Waals surface area (Å²) in [5.41, 5.74) is -0.578. The summed E-state index contributed by atoms with van der Waals surface area (Å²) in [7, 11) is 0. The number of likely N-dealkylation sites (tertiary alicyclic amines) is 2. The van der Waals surface area contributed by atoms with Crippen LogP contribution < -0.4 is 0 Å². The summed E-state index contributed by atoms with van der Waals surface area (Å²) in [6.07, 6.45) is 3.64. The highest BCUT2D eigenvalue weighted by Gasteiger charge is 2.57. The molecule has 0 aromatic carbocycles. The molecule has 5 nitrogen and oxygen atoms in total. The summed E-state index contributed by atoms with van der Waals surface area (Å²) in [4.78, 5) is 28.2. The molecule has 0 bridgehead atoms. The van der Waals surface area contributed by atoms with Gasteiger partial charge >= 0.3 is 5.97 Å². The topological polar surface area (TPSA) is 60.9 Å². The Morgan fingerprint density at radius 3 is 2.70 bits per heavy atom. The van der Waals surface area contributed by atoms with Gasteiger partial charge in [-0.15, -0.1) is 0 Å². The van der Waals surface area contributed by atoms with E-state index in [2.05, 4.69) is 4.90 Å². The van der Waals surface area contributed by atoms with Crippen LogP contribution in [0.15, 0.2) is 0 Å². The second-order valence-electron chi connectivity index (χ2n) is 6.91. The Kier molecular flexibility index (Phi) is 3.27. The van der Waals surface area contributed by atoms with Gasteiger partial charge in [0.2, 0.25) is 5.91 Å². The Morgan fingerprint density at radius 2 is 2.15 bits per heavy atom. The summed E-state index contributed by atoms with van der Waals surface area (Å²) in [5.74, 6) is -0.227. The molecule has 5 heteroatoms. The summed E-state index contributed by atoms with van der Waals surface area (Å²) in [5, 5.41) is 9.62. The number of amides is 1. The van der Waals surface area contributed by atoms with Crippen LogP contribution in [0, 0.1) is 11.3 Å². The molecule has 112 valence electrons. The Labute approximate surface area is 119 Å². The molecule has 3 aliphatic rings. The van der Waals surface area contributed by atoms with Crippen LogP contribution in [0.4, 0.5) is 0 Å². The van der Waals surface area contributed by atoms with Crippen LogP contribution in [0.25, 0.3) is 0 Å². The zero-order chi connectivity index (χ0) is 14.5. The lowest BCUT2D eigenvalue weighted by Gasteiger charge is -2.27. The van der Waals surface area contributed by atoms with E-state index in [1.165, 1.54) is 0 Å². The minimum atomic E-state index is -0.659. The SMILES string of the molecule is CC(C)N1CCC(N2C[C@@H]3CCC[C@@]3(C(=O)O)C2)C1=O. The first-order chi connectivity index (χ1) is 9.45. The van der Waals surface area contributed by atoms with Crippen molar-refractivity contribution in [3.63, 3.8) is 0 Å². The second kappa shape index (κ2) is 4.72. The van der Waals surface area contributed by atoms with Gasteiger partial charge in [-0.3, -0.25) is 14.5 Å². The molecule has 3 atom stereocenters. The second-order valence-corrected chi connectivity index (χ2v) is 6.91. The van der Waals surface area contributed by atoms with Crippen LogP contribution in [-0.4, -0.2) is 58.5 Å². The Hall–Kier alpha value is -1.10. The van der Waals surface area contributed by atoms with Gasteiger partial charge in [0.05, 0.1) is 11.5 Å². The molecule has 1 amide bonds. The molecule has 1 aliphatic carbocycles. The van der Waals surface area contributed by atoms with Crippen molar-refractivity contribution in [3.05, 3.63) is 0 Å². The van der Waals surface area contributed by atoms with Crippen molar-refractivity contribution in [3.8, 4) is 0 Å². The Bertz CT molecular complexity index is 437. The third kappa shape index (κ3) is 1.86. The normalized spacial score (nSPS) is 38.0. The number of rotatable bonds is 3. The van der Waals surface area contributed by atoms with Crippen LogP contribution in [0.3, 0.4) is 0 Å². The van der Waals surface area contributed by atoms with Gasteiger partial charge in [0.15, 0.2) is 0 Å². The molecule has 20 heavy (non-hydrogen) atoms. The average molecular weight is 280 g/mol. The molecule has 1 N–H and O–H groups in total. The smallest absolute Gasteiger partial charge is 0.311 e. The van der Waals surface area contributed by atoms with E-state index in [1.54, 1.807) is 0 Å². The maximum Gasteiger partial charge on any atom is 0.311 e. The standard InChI is InChI=1S/C15H24N2O3/c1-10(2)17-7-5-12(13(17)18)16-8-11-4-3-6-15(11,9-16)14(19)20/h10-12H,3-9H2,1-2H3,(H,19,20)/t11-,12?,15+/m0/s1. The lowest BCUT2D eigenvalue weighted by Crippen LogP contribution is -2.44. The number of carbonyl (C=O) groups excluding carboxylic acids is 1. The van der Waals surface area contributed by atoms with E-state index >= 15 is 0 Å². The predicted octanol–water partition coefficient (Wildman–Crippen LogP) is 1.18. The van der Waals surface area contributed by atoms with Gasteiger partial charge in [-0.2, -0.15) is 0 Å². The molecule has 0 aromatic heterocycles. The molecule has 2 heterocycles. The van der Waals surface area contributed by atoms with E-state index < -0.39 is 11.4 Å². The molecule has 0 aromatic rings. The van der Waals surface area contributed by atoms with E-state index in [0.717, 1.165) is 38.8 Å². The lowest BCUT2D eigenvalue weighted by atomic mass is 9.81. The van der Waals surface area contributed by atoms with E-state index in [1.807, 2.05) is 18.7 Å². The van der Waals surface area contributed by atoms with Crippen LogP contribution in [0.5, 0.6) is 0 Å². The van der Waals surface area contributed by atoms with Gasteiger partial charge in [-0.1, -0.05) is 6.42 Å². The highest BCUT2D eigenvalue weighted by molar-refractivity contribution is 5.84. The Morgan fingerprint density at radius 1 is 1.40 bits per heavy atom. The van der Waals surface area contributed by atoms with E-state index in [4.69, 9.17) is 0 Å². The minimum absolute atomic E-state index is 0.0841. The van der Waals surface area contributed by atoms with Crippen molar-refractivity contribution >= 4 is 11.9 Å². The van der Waals surface area contributed by atoms with Gasteiger partial charge < -0.3 is 10.0 Å². The monoisotopic (exact) mass is 280 g/mol. The molecule has 2 saturated heterocycles. The third-order valence-corrected chi connectivity index (χ3v) is 5.60. The van der Waals surface area contributed by atoms with E-state index in [9.17, 15) is 14.7 Å². The fourth-order valence-corrected chi connectivity index (χ4v) is 4.45. The van der Waals surface area contributed by atoms with Gasteiger partial charge in [0, 0.05) is 25.7 Å². The highest BCUT2D eigenvalue weighted by Crippen LogP contribution is 2.49. The average Bonchev–Trinajstić information content (AvgIpc) is 2.99. The van der Waals surface area contributed by atoms with Crippen LogP contribution in [-0.2, 0) is 9.59 Å². The highest BCUT2D eigenvalue weighted by atomic mass is 16.4. The molecular formula is C15H24N2O3. The number of aliphatic carboxylic acids is 1. The van der Waals surface area contributed by atoms with Gasteiger partial charge in [0.1, 0.15) is 0 Å². The van der Waals surface area contributed by atoms with E-state index in [0.29, 0.717) is 6.54 Å². The summed E-state index contributed by atoms with van der Waals surface area (Å²) >= 11 is 0. The minimum Gasteiger partial charge on any atom is -0.481 e. The fraction of sp³-hybridized carbons (Fsp3) is 0.867. The largest absolute Gasteiger partial charge is 0.481 e. The molecule has 3 fully saturated rings. The lowest BCUT2D eigenvalue weighted by molar-refractivity contribution is -0.150. The van der Waals surface area contributed by atoms with E-state index in [-0.39, 0.29) is 23.9 Å². The van der Waals surface area contributed by atoms with Crippen molar-refractivity contribution in [2.75, 3.05) is 19.6 Å². The maximum atomic E-state index is 12.5. The fourth-order valence-electron chi connectivity index (χ4n) is 4.45. The number of nitrogens with zero attached hydrogens (tertiary/aromatic N) is 2. The van der Waals surface area contributed by atoms with Crippen molar-refractivity contribution in [1.82, 2.24) is 9.80 Å². The molecule has 0 spiro atoms. The quantitative estimate of drug-likeness (QED) is 0.843. The van der Waals surface area contributed by atoms with Crippen LogP contribution in [0.1, 0.15) is 39.5 Å². The number of fused-ring (bicyclic) bond motifs is 1. The van der Waals surface area contributed by atoms with Gasteiger partial charge in [-0.05, 0) is 39.0 Å². The molecule has 1 unspecified atom stereocenters. The van der Waals surface area contributed by atoms with Crippen molar-refractivity contribution in [2.24, 2.45) is 11.3 Å². The molecule has 0 radical (unpaired) electrons. The zero-order valence-electron chi connectivity index (χ0n) is 12.3. The zero-order valence-corrected chi connectivity index (χ0v) is 12.3. The first-order valence-electron chi connectivity index (χ1n) is 7.73. The molecule has 1 saturated carbocycles. The van der Waals surface area contributed by atoms with Crippen LogP contribution in [0.2, 0.25) is 0 Å². The van der Waals surface area contributed by atoms with Gasteiger partial charge in [0.25, 0.3) is 0 Å². The van der Waals surface area contributed by atoms with Gasteiger partial charge in [-0.25, -0.2) is 0 Å². The van der Waals surface area contributed by atoms with Crippen LogP contribution >= 0.6 is 0 Å². The predicted molar refractivity (Wildman–Crippen MR) is 74.2 cm³/mol. The third-order valence-electron chi connectivity index (χ3n) is 5.60. The summed E-state index contributed by atoms with van der Waals surface area (Å²) in [6, 6.07) is 0.155. The Balaban J connectivity index is 1.75. The van der Waals surface area contributed by atoms with Crippen molar-refractivity contribution in [1.29, 1.82) is 0 Å². The molecular weight excluding hydrogens is 256 g/mol. The number of carboxylic acids is 1. The number of hydrogen-bond donors (Lipinski definition) is 1. The molecule has 3 rings (SSSR count). The summed E-state index contributed by atoms with van der Waals surface area (Å²) in [6.45, 7) is 6.24. The first kappa shape index (κ1) is 13.9. The number of hydrogen-bond acceptors (Lipinski definition) is 3. The number of carboxylic acid groups (broad SMARTS) is 1.